The number of nitrogens with one attached hydrogen (secondary N) is 1. The average Bonchev–Trinajstić information content (AvgIpc) is 2.19. The van der Waals surface area contributed by atoms with E-state index in [9.17, 15) is 0 Å². The highest BCUT2D eigenvalue weighted by Gasteiger charge is 2.28. The summed E-state index contributed by atoms with van der Waals surface area (Å²) in [6, 6.07) is 10.3. The highest BCUT2D eigenvalue weighted by atomic mass is 15.2. The van der Waals surface area contributed by atoms with Crippen LogP contribution < -0.4 is 11.1 Å². The lowest BCUT2D eigenvalue weighted by atomic mass is 9.88. The summed E-state index contributed by atoms with van der Waals surface area (Å²) in [5, 5.41) is 3.24. The van der Waals surface area contributed by atoms with Gasteiger partial charge in [-0.1, -0.05) is 30.3 Å². The molecule has 74 valence electrons. The Morgan fingerprint density at radius 2 is 2.07 bits per heavy atom. The van der Waals surface area contributed by atoms with Gasteiger partial charge in [-0.25, -0.2) is 0 Å². The van der Waals surface area contributed by atoms with Crippen molar-refractivity contribution in [3.05, 3.63) is 35.9 Å². The highest BCUT2D eigenvalue weighted by Crippen LogP contribution is 2.25. The van der Waals surface area contributed by atoms with Crippen LogP contribution in [0.2, 0.25) is 0 Å². The van der Waals surface area contributed by atoms with Crippen molar-refractivity contribution in [1.29, 1.82) is 0 Å². The summed E-state index contributed by atoms with van der Waals surface area (Å²) >= 11 is 0. The molecular weight excluding hydrogens is 174 g/mol. The van der Waals surface area contributed by atoms with Crippen molar-refractivity contribution in [3.8, 4) is 0 Å². The largest absolute Gasteiger partial charge is 0.370 e. The third-order valence-electron chi connectivity index (χ3n) is 2.71. The minimum atomic E-state index is -0.0624. The van der Waals surface area contributed by atoms with Gasteiger partial charge in [0.2, 0.25) is 0 Å². The molecule has 1 unspecified atom stereocenters. The van der Waals surface area contributed by atoms with Crippen LogP contribution in [0.1, 0.15) is 18.9 Å². The van der Waals surface area contributed by atoms with Crippen LogP contribution in [-0.4, -0.2) is 12.5 Å². The second-order valence-corrected chi connectivity index (χ2v) is 3.84. The molecule has 0 aliphatic carbocycles. The maximum atomic E-state index is 5.69. The molecule has 0 amide bonds. The van der Waals surface area contributed by atoms with Crippen LogP contribution in [0.3, 0.4) is 0 Å². The Labute approximate surface area is 84.0 Å². The van der Waals surface area contributed by atoms with Crippen LogP contribution in [0.15, 0.2) is 35.3 Å². The zero-order valence-electron chi connectivity index (χ0n) is 8.33. The maximum Gasteiger partial charge on any atom is 0.189 e. The molecule has 3 N–H and O–H groups in total. The Kier molecular flexibility index (Phi) is 2.15. The number of benzene rings is 1. The number of hydrogen-bond acceptors (Lipinski definition) is 3. The second-order valence-electron chi connectivity index (χ2n) is 3.84. The van der Waals surface area contributed by atoms with Crippen LogP contribution in [0.4, 0.5) is 0 Å². The quantitative estimate of drug-likeness (QED) is 0.697. The molecule has 1 aliphatic rings. The number of nitrogens with two attached hydrogens (primary N) is 1. The van der Waals surface area contributed by atoms with Crippen molar-refractivity contribution in [2.45, 2.75) is 18.9 Å². The van der Waals surface area contributed by atoms with Crippen LogP contribution in [0, 0.1) is 0 Å². The number of guanidine groups is 1. The zero-order valence-corrected chi connectivity index (χ0v) is 8.33. The molecule has 3 heteroatoms. The fourth-order valence-electron chi connectivity index (χ4n) is 1.81. The predicted molar refractivity (Wildman–Crippen MR) is 58.0 cm³/mol. The number of rotatable bonds is 1. The second kappa shape index (κ2) is 3.33. The molecule has 1 atom stereocenters. The van der Waals surface area contributed by atoms with E-state index in [1.807, 2.05) is 18.2 Å². The number of aliphatic imine (C=N–C) groups is 1. The summed E-state index contributed by atoms with van der Waals surface area (Å²) in [7, 11) is 0. The molecule has 1 aromatic carbocycles. The van der Waals surface area contributed by atoms with E-state index in [0.29, 0.717) is 5.96 Å². The minimum absolute atomic E-state index is 0.0624. The summed E-state index contributed by atoms with van der Waals surface area (Å²) in [5.41, 5.74) is 6.89. The van der Waals surface area contributed by atoms with Crippen molar-refractivity contribution in [2.75, 3.05) is 6.54 Å². The van der Waals surface area contributed by atoms with E-state index in [0.717, 1.165) is 13.0 Å². The standard InChI is InChI=1S/C11H15N3/c1-11(7-8-13-10(12)14-11)9-5-3-2-4-6-9/h2-6H,7-8H2,1H3,(H3,12,13,14). The molecule has 0 bridgehead atoms. The first kappa shape index (κ1) is 9.06. The molecule has 1 aliphatic heterocycles. The van der Waals surface area contributed by atoms with Gasteiger partial charge in [-0.15, -0.1) is 0 Å². The third kappa shape index (κ3) is 1.58. The van der Waals surface area contributed by atoms with Crippen molar-refractivity contribution >= 4 is 5.96 Å². The van der Waals surface area contributed by atoms with E-state index in [4.69, 9.17) is 5.73 Å². The average molecular weight is 189 g/mol. The molecule has 1 heterocycles. The number of nitrogens with zero attached hydrogens (tertiary/aromatic N) is 1. The fraction of sp³-hybridized carbons (Fsp3) is 0.364. The first-order valence-corrected chi connectivity index (χ1v) is 4.84. The topological polar surface area (TPSA) is 50.4 Å². The lowest BCUT2D eigenvalue weighted by molar-refractivity contribution is 0.389. The van der Waals surface area contributed by atoms with Gasteiger partial charge in [0, 0.05) is 6.54 Å². The van der Waals surface area contributed by atoms with Gasteiger partial charge in [-0.05, 0) is 18.9 Å². The Bertz CT molecular complexity index is 345. The van der Waals surface area contributed by atoms with E-state index < -0.39 is 0 Å². The van der Waals surface area contributed by atoms with Crippen molar-refractivity contribution in [3.63, 3.8) is 0 Å². The van der Waals surface area contributed by atoms with Crippen molar-refractivity contribution < 1.29 is 0 Å². The Balaban J connectivity index is 2.30. The number of hydrogen-bond donors (Lipinski definition) is 2. The normalized spacial score (nSPS) is 26.5. The maximum absolute atomic E-state index is 5.69. The molecule has 0 radical (unpaired) electrons. The molecule has 0 saturated carbocycles. The van der Waals surface area contributed by atoms with Gasteiger partial charge >= 0.3 is 0 Å². The molecule has 14 heavy (non-hydrogen) atoms. The monoisotopic (exact) mass is 189 g/mol. The molecule has 0 saturated heterocycles. The van der Waals surface area contributed by atoms with E-state index in [1.165, 1.54) is 5.56 Å². The molecule has 1 aromatic rings. The van der Waals surface area contributed by atoms with Gasteiger partial charge < -0.3 is 11.1 Å². The summed E-state index contributed by atoms with van der Waals surface area (Å²) < 4.78 is 0. The van der Waals surface area contributed by atoms with Crippen LogP contribution in [0.25, 0.3) is 0 Å². The third-order valence-corrected chi connectivity index (χ3v) is 2.71. The molecule has 2 rings (SSSR count). The molecule has 0 fully saturated rings. The van der Waals surface area contributed by atoms with E-state index >= 15 is 0 Å². The van der Waals surface area contributed by atoms with E-state index in [2.05, 4.69) is 29.4 Å². The van der Waals surface area contributed by atoms with Crippen molar-refractivity contribution in [1.82, 2.24) is 5.32 Å². The van der Waals surface area contributed by atoms with Gasteiger partial charge in [0.05, 0.1) is 5.54 Å². The molecule has 0 spiro atoms. The highest BCUT2D eigenvalue weighted by molar-refractivity contribution is 5.79. The molecular formula is C11H15N3. The van der Waals surface area contributed by atoms with Crippen LogP contribution in [0.5, 0.6) is 0 Å². The van der Waals surface area contributed by atoms with Gasteiger partial charge in [0.25, 0.3) is 0 Å². The smallest absolute Gasteiger partial charge is 0.189 e. The lowest BCUT2D eigenvalue weighted by Gasteiger charge is -2.34. The summed E-state index contributed by atoms with van der Waals surface area (Å²) in [5.74, 6) is 0.544. The zero-order chi connectivity index (χ0) is 10.0. The van der Waals surface area contributed by atoms with Crippen LogP contribution >= 0.6 is 0 Å². The van der Waals surface area contributed by atoms with E-state index in [-0.39, 0.29) is 5.54 Å². The lowest BCUT2D eigenvalue weighted by Crippen LogP contribution is -2.50. The summed E-state index contributed by atoms with van der Waals surface area (Å²) in [6.45, 7) is 2.95. The van der Waals surface area contributed by atoms with Crippen LogP contribution in [-0.2, 0) is 5.54 Å². The van der Waals surface area contributed by atoms with Gasteiger partial charge in [-0.2, -0.15) is 0 Å². The Morgan fingerprint density at radius 1 is 1.36 bits per heavy atom. The summed E-state index contributed by atoms with van der Waals surface area (Å²) in [6.07, 6.45) is 0.984. The first-order valence-electron chi connectivity index (χ1n) is 4.84. The first-order chi connectivity index (χ1) is 6.71. The Morgan fingerprint density at radius 3 is 2.71 bits per heavy atom. The van der Waals surface area contributed by atoms with E-state index in [1.54, 1.807) is 0 Å². The van der Waals surface area contributed by atoms with Gasteiger partial charge in [0.1, 0.15) is 0 Å². The molecule has 3 nitrogen and oxygen atoms in total. The Hall–Kier alpha value is -1.51. The van der Waals surface area contributed by atoms with Gasteiger partial charge in [0.15, 0.2) is 5.96 Å². The predicted octanol–water partition coefficient (Wildman–Crippen LogP) is 1.21. The minimum Gasteiger partial charge on any atom is -0.370 e. The van der Waals surface area contributed by atoms with Gasteiger partial charge in [-0.3, -0.25) is 4.99 Å². The van der Waals surface area contributed by atoms with Crippen molar-refractivity contribution in [2.24, 2.45) is 10.7 Å². The SMILES string of the molecule is CC1(c2ccccc2)CCN=C(N)N1. The summed E-state index contributed by atoms with van der Waals surface area (Å²) in [4.78, 5) is 4.13. The molecule has 0 aromatic heterocycles. The fourth-order valence-corrected chi connectivity index (χ4v) is 1.81.